The first kappa shape index (κ1) is 11.3. The average molecular weight is 202 g/mol. The van der Waals surface area contributed by atoms with Crippen LogP contribution in [0.2, 0.25) is 0 Å². The number of likely N-dealkylation sites (N-methyl/N-ethyl adjacent to an activating group) is 1. The number of hydrogen-bond acceptors (Lipinski definition) is 3. The predicted octanol–water partition coefficient (Wildman–Crippen LogP) is 1.55. The average Bonchev–Trinajstić information content (AvgIpc) is 2.94. The molecule has 0 aliphatic heterocycles. The molecule has 0 heterocycles. The molecule has 0 amide bonds. The highest BCUT2D eigenvalue weighted by molar-refractivity contribution is 7.98. The molecular weight excluding hydrogens is 180 g/mol. The van der Waals surface area contributed by atoms with Crippen LogP contribution in [0, 0.1) is 0 Å². The highest BCUT2D eigenvalue weighted by Gasteiger charge is 2.29. The summed E-state index contributed by atoms with van der Waals surface area (Å²) >= 11 is 1.93. The summed E-state index contributed by atoms with van der Waals surface area (Å²) in [6, 6.07) is 1.47. The van der Waals surface area contributed by atoms with Crippen LogP contribution < -0.4 is 5.73 Å². The zero-order valence-electron chi connectivity index (χ0n) is 8.83. The van der Waals surface area contributed by atoms with Crippen LogP contribution in [0.25, 0.3) is 0 Å². The SMILES string of the molecule is CSCCCC(CN)N(C)C1CC1. The second-order valence-electron chi connectivity index (χ2n) is 3.92. The molecule has 0 radical (unpaired) electrons. The third kappa shape index (κ3) is 3.88. The van der Waals surface area contributed by atoms with Gasteiger partial charge in [-0.25, -0.2) is 0 Å². The zero-order valence-corrected chi connectivity index (χ0v) is 9.65. The van der Waals surface area contributed by atoms with Crippen molar-refractivity contribution in [1.82, 2.24) is 4.90 Å². The summed E-state index contributed by atoms with van der Waals surface area (Å²) in [6.45, 7) is 0.821. The minimum Gasteiger partial charge on any atom is -0.329 e. The van der Waals surface area contributed by atoms with E-state index >= 15 is 0 Å². The standard InChI is InChI=1S/C10H22N2S/c1-12(9-5-6-9)10(8-11)4-3-7-13-2/h9-10H,3-8,11H2,1-2H3. The van der Waals surface area contributed by atoms with E-state index in [0.29, 0.717) is 6.04 Å². The summed E-state index contributed by atoms with van der Waals surface area (Å²) in [7, 11) is 2.23. The quantitative estimate of drug-likeness (QED) is 0.635. The van der Waals surface area contributed by atoms with Gasteiger partial charge in [0.2, 0.25) is 0 Å². The van der Waals surface area contributed by atoms with Crippen molar-refractivity contribution in [1.29, 1.82) is 0 Å². The van der Waals surface area contributed by atoms with Gasteiger partial charge >= 0.3 is 0 Å². The maximum Gasteiger partial charge on any atom is 0.0218 e. The molecule has 1 saturated carbocycles. The van der Waals surface area contributed by atoms with Crippen LogP contribution in [0.4, 0.5) is 0 Å². The normalized spacial score (nSPS) is 19.4. The fourth-order valence-electron chi connectivity index (χ4n) is 1.73. The van der Waals surface area contributed by atoms with E-state index in [2.05, 4.69) is 18.2 Å². The van der Waals surface area contributed by atoms with E-state index in [1.807, 2.05) is 11.8 Å². The van der Waals surface area contributed by atoms with Crippen molar-refractivity contribution >= 4 is 11.8 Å². The highest BCUT2D eigenvalue weighted by atomic mass is 32.2. The third-order valence-corrected chi connectivity index (χ3v) is 3.55. The maximum atomic E-state index is 5.77. The Labute approximate surface area is 86.2 Å². The first-order chi connectivity index (χ1) is 6.29. The molecule has 1 rings (SSSR count). The Morgan fingerprint density at radius 2 is 2.23 bits per heavy atom. The molecule has 78 valence electrons. The van der Waals surface area contributed by atoms with Crippen LogP contribution in [0.1, 0.15) is 25.7 Å². The van der Waals surface area contributed by atoms with Crippen molar-refractivity contribution in [2.75, 3.05) is 25.6 Å². The molecule has 0 saturated heterocycles. The van der Waals surface area contributed by atoms with Crippen molar-refractivity contribution in [3.05, 3.63) is 0 Å². The maximum absolute atomic E-state index is 5.77. The van der Waals surface area contributed by atoms with Gasteiger partial charge in [-0.05, 0) is 44.7 Å². The molecule has 0 aromatic heterocycles. The molecule has 0 bridgehead atoms. The van der Waals surface area contributed by atoms with Crippen molar-refractivity contribution in [2.24, 2.45) is 5.73 Å². The Morgan fingerprint density at radius 1 is 1.54 bits per heavy atom. The van der Waals surface area contributed by atoms with Crippen LogP contribution in [-0.2, 0) is 0 Å². The molecule has 1 fully saturated rings. The first-order valence-electron chi connectivity index (χ1n) is 5.20. The van der Waals surface area contributed by atoms with E-state index in [1.165, 1.54) is 31.4 Å². The van der Waals surface area contributed by atoms with Gasteiger partial charge in [-0.3, -0.25) is 4.90 Å². The van der Waals surface area contributed by atoms with Gasteiger partial charge in [-0.1, -0.05) is 0 Å². The van der Waals surface area contributed by atoms with E-state index in [0.717, 1.165) is 12.6 Å². The van der Waals surface area contributed by atoms with E-state index in [4.69, 9.17) is 5.73 Å². The van der Waals surface area contributed by atoms with Crippen molar-refractivity contribution in [3.63, 3.8) is 0 Å². The Hall–Kier alpha value is 0.270. The number of thioether (sulfide) groups is 1. The number of hydrogen-bond donors (Lipinski definition) is 1. The summed E-state index contributed by atoms with van der Waals surface area (Å²) in [4.78, 5) is 2.49. The van der Waals surface area contributed by atoms with E-state index < -0.39 is 0 Å². The van der Waals surface area contributed by atoms with E-state index in [9.17, 15) is 0 Å². The lowest BCUT2D eigenvalue weighted by Crippen LogP contribution is -2.39. The lowest BCUT2D eigenvalue weighted by Gasteiger charge is -2.26. The summed E-state index contributed by atoms with van der Waals surface area (Å²) in [6.07, 6.45) is 7.51. The smallest absolute Gasteiger partial charge is 0.0218 e. The van der Waals surface area contributed by atoms with Crippen molar-refractivity contribution < 1.29 is 0 Å². The number of nitrogens with zero attached hydrogens (tertiary/aromatic N) is 1. The molecule has 13 heavy (non-hydrogen) atoms. The number of rotatable bonds is 7. The van der Waals surface area contributed by atoms with Crippen LogP contribution in [0.5, 0.6) is 0 Å². The van der Waals surface area contributed by atoms with Gasteiger partial charge < -0.3 is 5.73 Å². The van der Waals surface area contributed by atoms with Crippen LogP contribution >= 0.6 is 11.8 Å². The lowest BCUT2D eigenvalue weighted by molar-refractivity contribution is 0.225. The van der Waals surface area contributed by atoms with Crippen LogP contribution in [0.15, 0.2) is 0 Å². The molecule has 2 nitrogen and oxygen atoms in total. The van der Waals surface area contributed by atoms with Crippen molar-refractivity contribution in [3.8, 4) is 0 Å². The largest absolute Gasteiger partial charge is 0.329 e. The lowest BCUT2D eigenvalue weighted by atomic mass is 10.1. The second kappa shape index (κ2) is 5.89. The fraction of sp³-hybridized carbons (Fsp3) is 1.00. The molecule has 3 heteroatoms. The molecular formula is C10H22N2S. The van der Waals surface area contributed by atoms with Crippen LogP contribution in [-0.4, -0.2) is 42.6 Å². The predicted molar refractivity (Wildman–Crippen MR) is 61.2 cm³/mol. The molecule has 1 aliphatic carbocycles. The Bertz CT molecular complexity index is 137. The topological polar surface area (TPSA) is 29.3 Å². The van der Waals surface area contributed by atoms with Gasteiger partial charge in [0.05, 0.1) is 0 Å². The molecule has 0 spiro atoms. The van der Waals surface area contributed by atoms with Gasteiger partial charge in [0.15, 0.2) is 0 Å². The van der Waals surface area contributed by atoms with Gasteiger partial charge in [-0.15, -0.1) is 0 Å². The Kier molecular flexibility index (Phi) is 5.14. The molecule has 1 atom stereocenters. The molecule has 0 aromatic carbocycles. The van der Waals surface area contributed by atoms with Gasteiger partial charge in [0.1, 0.15) is 0 Å². The van der Waals surface area contributed by atoms with E-state index in [1.54, 1.807) is 0 Å². The van der Waals surface area contributed by atoms with Gasteiger partial charge in [0.25, 0.3) is 0 Å². The Balaban J connectivity index is 2.16. The minimum atomic E-state index is 0.625. The summed E-state index contributed by atoms with van der Waals surface area (Å²) in [5, 5.41) is 0. The number of nitrogens with two attached hydrogens (primary N) is 1. The van der Waals surface area contributed by atoms with Gasteiger partial charge in [-0.2, -0.15) is 11.8 Å². The highest BCUT2D eigenvalue weighted by Crippen LogP contribution is 2.27. The Morgan fingerprint density at radius 3 is 2.69 bits per heavy atom. The summed E-state index contributed by atoms with van der Waals surface area (Å²) < 4.78 is 0. The summed E-state index contributed by atoms with van der Waals surface area (Å²) in [5.74, 6) is 1.27. The summed E-state index contributed by atoms with van der Waals surface area (Å²) in [5.41, 5.74) is 5.77. The second-order valence-corrected chi connectivity index (χ2v) is 4.91. The first-order valence-corrected chi connectivity index (χ1v) is 6.60. The molecule has 2 N–H and O–H groups in total. The van der Waals surface area contributed by atoms with Crippen LogP contribution in [0.3, 0.4) is 0 Å². The zero-order chi connectivity index (χ0) is 9.68. The monoisotopic (exact) mass is 202 g/mol. The van der Waals surface area contributed by atoms with Crippen molar-refractivity contribution in [2.45, 2.75) is 37.8 Å². The van der Waals surface area contributed by atoms with E-state index in [-0.39, 0.29) is 0 Å². The molecule has 1 unspecified atom stereocenters. The fourth-order valence-corrected chi connectivity index (χ4v) is 2.19. The molecule has 1 aliphatic rings. The minimum absolute atomic E-state index is 0.625. The third-order valence-electron chi connectivity index (χ3n) is 2.86. The molecule has 0 aromatic rings. The van der Waals surface area contributed by atoms with Gasteiger partial charge in [0, 0.05) is 18.6 Å².